The van der Waals surface area contributed by atoms with Crippen molar-refractivity contribution in [2.75, 3.05) is 6.54 Å². The Morgan fingerprint density at radius 3 is 2.96 bits per heavy atom. The average Bonchev–Trinajstić information content (AvgIpc) is 2.83. The molecule has 0 atom stereocenters. The quantitative estimate of drug-likeness (QED) is 0.726. The van der Waals surface area contributed by atoms with E-state index in [4.69, 9.17) is 11.6 Å². The highest BCUT2D eigenvalue weighted by atomic mass is 35.5. The maximum absolute atomic E-state index is 6.15. The normalized spacial score (nSPS) is 15.1. The zero-order valence-electron chi connectivity index (χ0n) is 13.3. The van der Waals surface area contributed by atoms with Gasteiger partial charge in [-0.25, -0.2) is 15.0 Å². The molecule has 0 unspecified atom stereocenters. The van der Waals surface area contributed by atoms with E-state index in [1.807, 2.05) is 31.5 Å². The fourth-order valence-electron chi connectivity index (χ4n) is 3.20. The molecule has 0 fully saturated rings. The minimum absolute atomic E-state index is 0.726. The molecule has 1 aliphatic rings. The van der Waals surface area contributed by atoms with Gasteiger partial charge in [-0.3, -0.25) is 4.90 Å². The average molecular weight is 328 g/mol. The minimum atomic E-state index is 0.726. The van der Waals surface area contributed by atoms with Gasteiger partial charge in [-0.2, -0.15) is 0 Å². The maximum atomic E-state index is 6.15. The van der Waals surface area contributed by atoms with Gasteiger partial charge in [0, 0.05) is 49.7 Å². The van der Waals surface area contributed by atoms with Crippen LogP contribution in [0.15, 0.2) is 24.5 Å². The van der Waals surface area contributed by atoms with Crippen LogP contribution in [0, 0.1) is 13.8 Å². The van der Waals surface area contributed by atoms with Crippen LogP contribution in [0.3, 0.4) is 0 Å². The van der Waals surface area contributed by atoms with Crippen molar-refractivity contribution in [2.24, 2.45) is 0 Å². The van der Waals surface area contributed by atoms with Gasteiger partial charge < -0.3 is 4.40 Å². The van der Waals surface area contributed by atoms with Gasteiger partial charge in [0.2, 0.25) is 0 Å². The summed E-state index contributed by atoms with van der Waals surface area (Å²) >= 11 is 6.15. The minimum Gasteiger partial charge on any atom is -0.301 e. The first-order chi connectivity index (χ1) is 11.1. The van der Waals surface area contributed by atoms with Crippen molar-refractivity contribution < 1.29 is 0 Å². The molecule has 3 aromatic heterocycles. The Morgan fingerprint density at radius 1 is 1.22 bits per heavy atom. The highest BCUT2D eigenvalue weighted by Crippen LogP contribution is 2.22. The second-order valence-corrected chi connectivity index (χ2v) is 6.51. The van der Waals surface area contributed by atoms with Gasteiger partial charge in [-0.15, -0.1) is 0 Å². The second-order valence-electron chi connectivity index (χ2n) is 6.07. The molecular formula is C17H18ClN5. The van der Waals surface area contributed by atoms with Gasteiger partial charge in [0.1, 0.15) is 11.5 Å². The molecule has 5 nitrogen and oxygen atoms in total. The molecule has 0 radical (unpaired) electrons. The Hall–Kier alpha value is -1.98. The summed E-state index contributed by atoms with van der Waals surface area (Å²) in [6.45, 7) is 6.72. The predicted molar refractivity (Wildman–Crippen MR) is 89.5 cm³/mol. The number of fused-ring (bicyclic) bond motifs is 2. The molecule has 0 saturated carbocycles. The van der Waals surface area contributed by atoms with Crippen LogP contribution < -0.4 is 0 Å². The van der Waals surface area contributed by atoms with Gasteiger partial charge in [0.05, 0.1) is 16.4 Å². The molecule has 0 aliphatic carbocycles. The first kappa shape index (κ1) is 14.6. The van der Waals surface area contributed by atoms with Crippen molar-refractivity contribution in [1.82, 2.24) is 24.3 Å². The zero-order chi connectivity index (χ0) is 16.0. The molecule has 0 amide bonds. The van der Waals surface area contributed by atoms with E-state index in [1.54, 1.807) is 0 Å². The van der Waals surface area contributed by atoms with Crippen molar-refractivity contribution >= 4 is 17.2 Å². The lowest BCUT2D eigenvalue weighted by Crippen LogP contribution is -2.31. The SMILES string of the molecule is Cc1ncc2c(n1)CCN(Cc1c(C)nc3ccc(Cl)cn13)C2. The lowest BCUT2D eigenvalue weighted by molar-refractivity contribution is 0.238. The zero-order valence-corrected chi connectivity index (χ0v) is 14.0. The topological polar surface area (TPSA) is 46.3 Å². The van der Waals surface area contributed by atoms with Crippen LogP contribution in [-0.2, 0) is 19.5 Å². The van der Waals surface area contributed by atoms with Crippen LogP contribution in [0.25, 0.3) is 5.65 Å². The van der Waals surface area contributed by atoms with Gasteiger partial charge in [0.25, 0.3) is 0 Å². The highest BCUT2D eigenvalue weighted by molar-refractivity contribution is 6.30. The van der Waals surface area contributed by atoms with Crippen molar-refractivity contribution in [3.05, 3.63) is 58.0 Å². The number of hydrogen-bond acceptors (Lipinski definition) is 4. The standard InChI is InChI=1S/C17H18ClN5/c1-11-16(23-9-14(18)3-4-17(23)20-11)10-22-6-5-15-13(8-22)7-19-12(2)21-15/h3-4,7,9H,5-6,8,10H2,1-2H3. The largest absolute Gasteiger partial charge is 0.301 e. The van der Waals surface area contributed by atoms with Crippen LogP contribution in [-0.4, -0.2) is 30.8 Å². The van der Waals surface area contributed by atoms with Gasteiger partial charge in [-0.1, -0.05) is 11.6 Å². The Bertz CT molecular complexity index is 886. The van der Waals surface area contributed by atoms with Crippen LogP contribution in [0.2, 0.25) is 5.02 Å². The Balaban J connectivity index is 1.63. The predicted octanol–water partition coefficient (Wildman–Crippen LogP) is 2.95. The fourth-order valence-corrected chi connectivity index (χ4v) is 3.36. The number of hydrogen-bond donors (Lipinski definition) is 0. The molecule has 4 heterocycles. The smallest absolute Gasteiger partial charge is 0.137 e. The number of halogens is 1. The van der Waals surface area contributed by atoms with Crippen molar-refractivity contribution in [3.8, 4) is 0 Å². The molecule has 6 heteroatoms. The van der Waals surface area contributed by atoms with Gasteiger partial charge in [0.15, 0.2) is 0 Å². The Labute approximate surface area is 140 Å². The maximum Gasteiger partial charge on any atom is 0.137 e. The van der Waals surface area contributed by atoms with Gasteiger partial charge >= 0.3 is 0 Å². The fraction of sp³-hybridized carbons (Fsp3) is 0.353. The van der Waals surface area contributed by atoms with Crippen LogP contribution in [0.5, 0.6) is 0 Å². The second kappa shape index (κ2) is 5.58. The number of aryl methyl sites for hydroxylation is 2. The number of nitrogens with zero attached hydrogens (tertiary/aromatic N) is 5. The van der Waals surface area contributed by atoms with E-state index in [2.05, 4.69) is 31.2 Å². The summed E-state index contributed by atoms with van der Waals surface area (Å²) in [5.74, 6) is 0.851. The molecule has 0 N–H and O–H groups in total. The summed E-state index contributed by atoms with van der Waals surface area (Å²) in [5, 5.41) is 0.726. The summed E-state index contributed by atoms with van der Waals surface area (Å²) in [6.07, 6.45) is 4.87. The lowest BCUT2D eigenvalue weighted by atomic mass is 10.1. The highest BCUT2D eigenvalue weighted by Gasteiger charge is 2.20. The van der Waals surface area contributed by atoms with E-state index in [0.29, 0.717) is 0 Å². The molecule has 0 spiro atoms. The number of aromatic nitrogens is 4. The van der Waals surface area contributed by atoms with E-state index < -0.39 is 0 Å². The summed E-state index contributed by atoms with van der Waals surface area (Å²) < 4.78 is 2.10. The van der Waals surface area contributed by atoms with Crippen LogP contribution in [0.1, 0.15) is 28.5 Å². The van der Waals surface area contributed by atoms with E-state index in [0.717, 1.165) is 48.2 Å². The number of rotatable bonds is 2. The van der Waals surface area contributed by atoms with Crippen molar-refractivity contribution in [1.29, 1.82) is 0 Å². The van der Waals surface area contributed by atoms with E-state index in [9.17, 15) is 0 Å². The van der Waals surface area contributed by atoms with E-state index in [1.165, 1.54) is 17.0 Å². The van der Waals surface area contributed by atoms with Crippen molar-refractivity contribution in [3.63, 3.8) is 0 Å². The molecule has 23 heavy (non-hydrogen) atoms. The summed E-state index contributed by atoms with van der Waals surface area (Å²) in [4.78, 5) is 15.9. The first-order valence-corrected chi connectivity index (χ1v) is 8.15. The molecule has 0 aromatic carbocycles. The third-order valence-corrected chi connectivity index (χ3v) is 4.61. The molecule has 3 aromatic rings. The lowest BCUT2D eigenvalue weighted by Gasteiger charge is -2.27. The van der Waals surface area contributed by atoms with Crippen molar-refractivity contribution in [2.45, 2.75) is 33.4 Å². The molecule has 4 rings (SSSR count). The molecular weight excluding hydrogens is 310 g/mol. The summed E-state index contributed by atoms with van der Waals surface area (Å²) in [5.41, 5.74) is 5.61. The molecule has 1 aliphatic heterocycles. The van der Waals surface area contributed by atoms with E-state index >= 15 is 0 Å². The summed E-state index contributed by atoms with van der Waals surface area (Å²) in [6, 6.07) is 3.84. The van der Waals surface area contributed by atoms with E-state index in [-0.39, 0.29) is 0 Å². The third-order valence-electron chi connectivity index (χ3n) is 4.39. The van der Waals surface area contributed by atoms with Crippen LogP contribution in [0.4, 0.5) is 0 Å². The monoisotopic (exact) mass is 327 g/mol. The number of imidazole rings is 1. The number of pyridine rings is 1. The van der Waals surface area contributed by atoms with Crippen LogP contribution >= 0.6 is 11.6 Å². The Morgan fingerprint density at radius 2 is 2.09 bits per heavy atom. The first-order valence-electron chi connectivity index (χ1n) is 7.77. The third kappa shape index (κ3) is 2.71. The van der Waals surface area contributed by atoms with Gasteiger partial charge in [-0.05, 0) is 26.0 Å². The molecule has 0 saturated heterocycles. The summed E-state index contributed by atoms with van der Waals surface area (Å²) in [7, 11) is 0. The Kier molecular flexibility index (Phi) is 3.54. The molecule has 0 bridgehead atoms. The molecule has 118 valence electrons.